The molecule has 18 heavy (non-hydrogen) atoms. The summed E-state index contributed by atoms with van der Waals surface area (Å²) in [7, 11) is 0. The molecule has 4 nitrogen and oxygen atoms in total. The van der Waals surface area contributed by atoms with Gasteiger partial charge in [0.25, 0.3) is 0 Å². The Balaban J connectivity index is 1.93. The Bertz CT molecular complexity index is 464. The van der Waals surface area contributed by atoms with Gasteiger partial charge in [0, 0.05) is 0 Å². The Morgan fingerprint density at radius 2 is 1.83 bits per heavy atom. The van der Waals surface area contributed by atoms with E-state index in [1.807, 2.05) is 30.3 Å². The third-order valence-corrected chi connectivity index (χ3v) is 3.57. The van der Waals surface area contributed by atoms with Crippen LogP contribution in [-0.4, -0.2) is 17.0 Å². The molecule has 1 aromatic rings. The number of aliphatic carboxylic acids is 1. The molecular formula is C14H16O4. The second kappa shape index (κ2) is 4.44. The first kappa shape index (κ1) is 12.6. The van der Waals surface area contributed by atoms with Crippen molar-refractivity contribution in [3.05, 3.63) is 35.9 Å². The number of rotatable bonds is 4. The van der Waals surface area contributed by atoms with Gasteiger partial charge in [-0.05, 0) is 11.0 Å². The summed E-state index contributed by atoms with van der Waals surface area (Å²) >= 11 is 0. The highest BCUT2D eigenvalue weighted by Crippen LogP contribution is 2.58. The lowest BCUT2D eigenvalue weighted by Crippen LogP contribution is -2.11. The van der Waals surface area contributed by atoms with Crippen LogP contribution in [0, 0.1) is 17.3 Å². The van der Waals surface area contributed by atoms with Crippen molar-refractivity contribution in [3.8, 4) is 0 Å². The summed E-state index contributed by atoms with van der Waals surface area (Å²) in [5.74, 6) is -2.50. The summed E-state index contributed by atoms with van der Waals surface area (Å²) in [5, 5.41) is 8.99. The average Bonchev–Trinajstić information content (AvgIpc) is 2.91. The fourth-order valence-electron chi connectivity index (χ4n) is 2.36. The number of carboxylic acid groups (broad SMARTS) is 1. The number of benzene rings is 1. The van der Waals surface area contributed by atoms with E-state index in [4.69, 9.17) is 9.84 Å². The monoisotopic (exact) mass is 248 g/mol. The summed E-state index contributed by atoms with van der Waals surface area (Å²) in [6.07, 6.45) is 0. The van der Waals surface area contributed by atoms with Gasteiger partial charge in [0.05, 0.1) is 11.8 Å². The summed E-state index contributed by atoms with van der Waals surface area (Å²) < 4.78 is 5.17. The van der Waals surface area contributed by atoms with E-state index in [0.29, 0.717) is 0 Å². The standard InChI is InChI=1S/C14H16O4/c1-14(2)10(12(15)16)11(14)13(17)18-8-9-6-4-3-5-7-9/h3-7,10-11H,8H2,1-2H3,(H,15,16)/t10-,11+/m0/s1. The number of carbonyl (C=O) groups excluding carboxylic acids is 1. The zero-order valence-electron chi connectivity index (χ0n) is 10.4. The summed E-state index contributed by atoms with van der Waals surface area (Å²) in [6, 6.07) is 9.34. The van der Waals surface area contributed by atoms with Gasteiger partial charge in [0.2, 0.25) is 0 Å². The number of hydrogen-bond donors (Lipinski definition) is 1. The predicted molar refractivity (Wildman–Crippen MR) is 64.6 cm³/mol. The quantitative estimate of drug-likeness (QED) is 0.829. The predicted octanol–water partition coefficient (Wildman–Crippen LogP) is 2.09. The van der Waals surface area contributed by atoms with Crippen LogP contribution >= 0.6 is 0 Å². The van der Waals surface area contributed by atoms with Gasteiger partial charge in [-0.2, -0.15) is 0 Å². The Morgan fingerprint density at radius 1 is 1.22 bits per heavy atom. The number of esters is 1. The maximum Gasteiger partial charge on any atom is 0.310 e. The molecule has 2 atom stereocenters. The maximum absolute atomic E-state index is 11.8. The fourth-order valence-corrected chi connectivity index (χ4v) is 2.36. The molecule has 4 heteroatoms. The van der Waals surface area contributed by atoms with Gasteiger partial charge in [0.15, 0.2) is 0 Å². The van der Waals surface area contributed by atoms with Gasteiger partial charge in [0.1, 0.15) is 6.61 Å². The van der Waals surface area contributed by atoms with E-state index in [2.05, 4.69) is 0 Å². The lowest BCUT2D eigenvalue weighted by Gasteiger charge is -2.05. The van der Waals surface area contributed by atoms with Crippen molar-refractivity contribution in [2.45, 2.75) is 20.5 Å². The van der Waals surface area contributed by atoms with E-state index in [0.717, 1.165) is 5.56 Å². The Kier molecular flexibility index (Phi) is 3.11. The highest BCUT2D eigenvalue weighted by atomic mass is 16.5. The Morgan fingerprint density at radius 3 is 2.33 bits per heavy atom. The van der Waals surface area contributed by atoms with Crippen LogP contribution in [0.15, 0.2) is 30.3 Å². The van der Waals surface area contributed by atoms with E-state index < -0.39 is 29.2 Å². The molecule has 2 rings (SSSR count). The number of carbonyl (C=O) groups is 2. The molecule has 1 aliphatic rings. The minimum Gasteiger partial charge on any atom is -0.481 e. The second-order valence-electron chi connectivity index (χ2n) is 5.21. The van der Waals surface area contributed by atoms with Gasteiger partial charge < -0.3 is 9.84 Å². The SMILES string of the molecule is CC1(C)[C@H](C(=O)O)[C@@H]1C(=O)OCc1ccccc1. The molecule has 0 saturated heterocycles. The normalized spacial score (nSPS) is 24.3. The molecule has 1 aromatic carbocycles. The zero-order chi connectivity index (χ0) is 13.3. The third-order valence-electron chi connectivity index (χ3n) is 3.57. The lowest BCUT2D eigenvalue weighted by molar-refractivity contribution is -0.150. The van der Waals surface area contributed by atoms with Crippen molar-refractivity contribution in [1.82, 2.24) is 0 Å². The van der Waals surface area contributed by atoms with Crippen molar-refractivity contribution in [1.29, 1.82) is 0 Å². The molecule has 1 N–H and O–H groups in total. The molecule has 0 spiro atoms. The minimum absolute atomic E-state index is 0.193. The van der Waals surface area contributed by atoms with E-state index in [1.165, 1.54) is 0 Å². The van der Waals surface area contributed by atoms with Crippen molar-refractivity contribution in [2.75, 3.05) is 0 Å². The Hall–Kier alpha value is -1.84. The van der Waals surface area contributed by atoms with Crippen LogP contribution in [-0.2, 0) is 20.9 Å². The topological polar surface area (TPSA) is 63.6 Å². The summed E-state index contributed by atoms with van der Waals surface area (Å²) in [5.41, 5.74) is 0.399. The molecule has 1 fully saturated rings. The van der Waals surface area contributed by atoms with Crippen LogP contribution in [0.3, 0.4) is 0 Å². The van der Waals surface area contributed by atoms with Gasteiger partial charge in [-0.1, -0.05) is 44.2 Å². The number of carboxylic acids is 1. The molecule has 0 bridgehead atoms. The minimum atomic E-state index is -0.929. The first-order valence-electron chi connectivity index (χ1n) is 5.88. The van der Waals surface area contributed by atoms with Crippen LogP contribution in [0.2, 0.25) is 0 Å². The van der Waals surface area contributed by atoms with Gasteiger partial charge >= 0.3 is 11.9 Å². The molecule has 96 valence electrons. The zero-order valence-corrected chi connectivity index (χ0v) is 10.4. The van der Waals surface area contributed by atoms with E-state index in [1.54, 1.807) is 13.8 Å². The van der Waals surface area contributed by atoms with Crippen molar-refractivity contribution in [2.24, 2.45) is 17.3 Å². The summed E-state index contributed by atoms with van der Waals surface area (Å²) in [4.78, 5) is 22.8. The van der Waals surface area contributed by atoms with E-state index in [9.17, 15) is 9.59 Å². The summed E-state index contributed by atoms with van der Waals surface area (Å²) in [6.45, 7) is 3.75. The number of hydrogen-bond acceptors (Lipinski definition) is 3. The third kappa shape index (κ3) is 2.23. The largest absolute Gasteiger partial charge is 0.481 e. The molecule has 0 aromatic heterocycles. The molecule has 0 aliphatic heterocycles. The van der Waals surface area contributed by atoms with Crippen LogP contribution in [0.4, 0.5) is 0 Å². The molecular weight excluding hydrogens is 232 g/mol. The molecule has 0 amide bonds. The van der Waals surface area contributed by atoms with Crippen molar-refractivity contribution >= 4 is 11.9 Å². The smallest absolute Gasteiger partial charge is 0.310 e. The van der Waals surface area contributed by atoms with Crippen LogP contribution < -0.4 is 0 Å². The first-order chi connectivity index (χ1) is 8.44. The molecule has 1 saturated carbocycles. The highest BCUT2D eigenvalue weighted by molar-refractivity contribution is 5.88. The van der Waals surface area contributed by atoms with Crippen LogP contribution in [0.25, 0.3) is 0 Å². The van der Waals surface area contributed by atoms with Crippen LogP contribution in [0.5, 0.6) is 0 Å². The highest BCUT2D eigenvalue weighted by Gasteiger charge is 2.66. The number of ether oxygens (including phenoxy) is 1. The fraction of sp³-hybridized carbons (Fsp3) is 0.429. The van der Waals surface area contributed by atoms with Crippen LogP contribution in [0.1, 0.15) is 19.4 Å². The van der Waals surface area contributed by atoms with E-state index >= 15 is 0 Å². The lowest BCUT2D eigenvalue weighted by atomic mass is 10.1. The first-order valence-corrected chi connectivity index (χ1v) is 5.88. The average molecular weight is 248 g/mol. The van der Waals surface area contributed by atoms with E-state index in [-0.39, 0.29) is 6.61 Å². The molecule has 0 unspecified atom stereocenters. The van der Waals surface area contributed by atoms with Gasteiger partial charge in [-0.15, -0.1) is 0 Å². The maximum atomic E-state index is 11.8. The van der Waals surface area contributed by atoms with Crippen molar-refractivity contribution in [3.63, 3.8) is 0 Å². The van der Waals surface area contributed by atoms with Gasteiger partial charge in [-0.3, -0.25) is 9.59 Å². The molecule has 0 radical (unpaired) electrons. The Labute approximate surface area is 106 Å². The van der Waals surface area contributed by atoms with Crippen molar-refractivity contribution < 1.29 is 19.4 Å². The second-order valence-corrected chi connectivity index (χ2v) is 5.21. The molecule has 0 heterocycles. The molecule has 1 aliphatic carbocycles. The van der Waals surface area contributed by atoms with Gasteiger partial charge in [-0.25, -0.2) is 0 Å².